The van der Waals surface area contributed by atoms with Crippen molar-refractivity contribution < 1.29 is 4.79 Å². The molecule has 1 aromatic rings. The van der Waals surface area contributed by atoms with Gasteiger partial charge in [-0.1, -0.05) is 6.92 Å². The first-order valence-corrected chi connectivity index (χ1v) is 8.28. The van der Waals surface area contributed by atoms with Gasteiger partial charge in [-0.25, -0.2) is 4.98 Å². The molecule has 0 spiro atoms. The van der Waals surface area contributed by atoms with Gasteiger partial charge in [-0.3, -0.25) is 4.79 Å². The van der Waals surface area contributed by atoms with Crippen molar-refractivity contribution in [1.29, 1.82) is 0 Å². The molecule has 0 saturated carbocycles. The third-order valence-electron chi connectivity index (χ3n) is 4.13. The quantitative estimate of drug-likeness (QED) is 0.929. The van der Waals surface area contributed by atoms with E-state index in [2.05, 4.69) is 31.1 Å². The number of thiazole rings is 1. The Kier molecular flexibility index (Phi) is 5.16. The van der Waals surface area contributed by atoms with Crippen LogP contribution in [0.1, 0.15) is 54.7 Å². The van der Waals surface area contributed by atoms with E-state index >= 15 is 0 Å². The molecule has 20 heavy (non-hydrogen) atoms. The van der Waals surface area contributed by atoms with E-state index in [0.29, 0.717) is 12.1 Å². The molecule has 2 heterocycles. The molecule has 1 aromatic heterocycles. The Balaban J connectivity index is 1.93. The molecule has 2 rings (SSSR count). The summed E-state index contributed by atoms with van der Waals surface area (Å²) in [5.41, 5.74) is 1.15. The number of hydrogen-bond acceptors (Lipinski definition) is 4. The normalized spacial score (nSPS) is 18.3. The lowest BCUT2D eigenvalue weighted by Gasteiger charge is -2.33. The van der Waals surface area contributed by atoms with E-state index in [1.165, 1.54) is 9.88 Å². The van der Waals surface area contributed by atoms with Crippen LogP contribution in [0.5, 0.6) is 0 Å². The van der Waals surface area contributed by atoms with E-state index in [-0.39, 0.29) is 5.91 Å². The van der Waals surface area contributed by atoms with E-state index in [1.54, 1.807) is 18.3 Å². The summed E-state index contributed by atoms with van der Waals surface area (Å²) in [5, 5.41) is 4.94. The lowest BCUT2D eigenvalue weighted by atomic mass is 10.0. The highest BCUT2D eigenvalue weighted by Gasteiger charge is 2.24. The van der Waals surface area contributed by atoms with E-state index in [1.807, 2.05) is 4.90 Å². The molecule has 112 valence electrons. The van der Waals surface area contributed by atoms with Gasteiger partial charge in [0.2, 0.25) is 5.91 Å². The fourth-order valence-electron chi connectivity index (χ4n) is 2.66. The van der Waals surface area contributed by atoms with Crippen molar-refractivity contribution >= 4 is 17.2 Å². The molecule has 1 N–H and O–H groups in total. The number of likely N-dealkylation sites (tertiary alicyclic amines) is 1. The minimum Gasteiger partial charge on any atom is -0.343 e. The Morgan fingerprint density at radius 2 is 2.10 bits per heavy atom. The maximum Gasteiger partial charge on any atom is 0.219 e. The van der Waals surface area contributed by atoms with Crippen molar-refractivity contribution in [3.05, 3.63) is 15.6 Å². The number of aromatic nitrogens is 1. The summed E-state index contributed by atoms with van der Waals surface area (Å²) in [6, 6.07) is 0.848. The van der Waals surface area contributed by atoms with Crippen LogP contribution >= 0.6 is 11.3 Å². The molecule has 1 aliphatic heterocycles. The van der Waals surface area contributed by atoms with Gasteiger partial charge in [-0.2, -0.15) is 0 Å². The van der Waals surface area contributed by atoms with E-state index in [0.717, 1.165) is 38.0 Å². The van der Waals surface area contributed by atoms with E-state index in [9.17, 15) is 4.79 Å². The van der Waals surface area contributed by atoms with Gasteiger partial charge in [-0.15, -0.1) is 11.3 Å². The first kappa shape index (κ1) is 15.4. The maximum atomic E-state index is 11.3. The largest absolute Gasteiger partial charge is 0.343 e. The van der Waals surface area contributed by atoms with Gasteiger partial charge in [-0.05, 0) is 33.1 Å². The van der Waals surface area contributed by atoms with Gasteiger partial charge in [0, 0.05) is 30.9 Å². The van der Waals surface area contributed by atoms with Crippen molar-refractivity contribution in [2.24, 2.45) is 0 Å². The van der Waals surface area contributed by atoms with Crippen LogP contribution in [0, 0.1) is 13.8 Å². The van der Waals surface area contributed by atoms with Gasteiger partial charge < -0.3 is 10.2 Å². The Labute approximate surface area is 125 Å². The number of hydrogen-bond donors (Lipinski definition) is 1. The number of rotatable bonds is 4. The predicted octanol–water partition coefficient (Wildman–Crippen LogP) is 2.81. The first-order chi connectivity index (χ1) is 9.51. The number of nitrogens with zero attached hydrogens (tertiary/aromatic N) is 2. The van der Waals surface area contributed by atoms with Crippen molar-refractivity contribution in [1.82, 2.24) is 15.2 Å². The Hall–Kier alpha value is -0.940. The molecule has 1 atom stereocenters. The molecule has 0 aliphatic carbocycles. The molecular formula is C15H25N3OS. The van der Waals surface area contributed by atoms with E-state index in [4.69, 9.17) is 0 Å². The molecule has 0 aromatic carbocycles. The SMILES string of the molecule is CC[C@@H](NC1CCN(C(C)=O)CC1)c1nc(C)c(C)s1. The molecular weight excluding hydrogens is 270 g/mol. The lowest BCUT2D eigenvalue weighted by molar-refractivity contribution is -0.129. The number of carbonyl (C=O) groups is 1. The average molecular weight is 295 g/mol. The highest BCUT2D eigenvalue weighted by atomic mass is 32.1. The van der Waals surface area contributed by atoms with Crippen molar-refractivity contribution in [3.63, 3.8) is 0 Å². The summed E-state index contributed by atoms with van der Waals surface area (Å²) in [6.07, 6.45) is 3.14. The zero-order valence-electron chi connectivity index (χ0n) is 12.9. The smallest absolute Gasteiger partial charge is 0.219 e. The van der Waals surface area contributed by atoms with Crippen LogP contribution in [0.2, 0.25) is 0 Å². The summed E-state index contributed by atoms with van der Waals surface area (Å²) in [7, 11) is 0. The number of nitrogens with one attached hydrogen (secondary N) is 1. The summed E-state index contributed by atoms with van der Waals surface area (Å²) >= 11 is 1.80. The standard InChI is InChI=1S/C15H25N3OS/c1-5-14(15-16-10(2)11(3)20-15)17-13-6-8-18(9-7-13)12(4)19/h13-14,17H,5-9H2,1-4H3/t14-/m1/s1. The zero-order chi connectivity index (χ0) is 14.7. The van der Waals surface area contributed by atoms with Crippen LogP contribution in [0.3, 0.4) is 0 Å². The van der Waals surface area contributed by atoms with Crippen LogP contribution in [0.15, 0.2) is 0 Å². The van der Waals surface area contributed by atoms with Crippen molar-refractivity contribution in [3.8, 4) is 0 Å². The third kappa shape index (κ3) is 3.58. The van der Waals surface area contributed by atoms with Gasteiger partial charge >= 0.3 is 0 Å². The fraction of sp³-hybridized carbons (Fsp3) is 0.733. The number of piperidine rings is 1. The molecule has 1 saturated heterocycles. The topological polar surface area (TPSA) is 45.2 Å². The summed E-state index contributed by atoms with van der Waals surface area (Å²) in [4.78, 5) is 19.3. The Bertz CT molecular complexity index is 444. The third-order valence-corrected chi connectivity index (χ3v) is 5.32. The summed E-state index contributed by atoms with van der Waals surface area (Å²) in [5.74, 6) is 0.196. The fourth-order valence-corrected chi connectivity index (χ4v) is 3.72. The van der Waals surface area contributed by atoms with Gasteiger partial charge in [0.1, 0.15) is 5.01 Å². The molecule has 0 radical (unpaired) electrons. The zero-order valence-corrected chi connectivity index (χ0v) is 13.7. The molecule has 5 heteroatoms. The number of amides is 1. The second kappa shape index (κ2) is 6.68. The predicted molar refractivity (Wildman–Crippen MR) is 83.0 cm³/mol. The summed E-state index contributed by atoms with van der Waals surface area (Å²) in [6.45, 7) is 9.82. The number of carbonyl (C=O) groups excluding carboxylic acids is 1. The van der Waals surface area contributed by atoms with Crippen LogP contribution in [-0.2, 0) is 4.79 Å². The molecule has 0 bridgehead atoms. The minimum atomic E-state index is 0.196. The second-order valence-electron chi connectivity index (χ2n) is 5.60. The van der Waals surface area contributed by atoms with E-state index < -0.39 is 0 Å². The van der Waals surface area contributed by atoms with Crippen LogP contribution < -0.4 is 5.32 Å². The van der Waals surface area contributed by atoms with Crippen molar-refractivity contribution in [2.75, 3.05) is 13.1 Å². The highest BCUT2D eigenvalue weighted by molar-refractivity contribution is 7.11. The van der Waals surface area contributed by atoms with Crippen LogP contribution in [0.25, 0.3) is 0 Å². The monoisotopic (exact) mass is 295 g/mol. The molecule has 1 amide bonds. The Morgan fingerprint density at radius 3 is 2.55 bits per heavy atom. The maximum absolute atomic E-state index is 11.3. The minimum absolute atomic E-state index is 0.196. The lowest BCUT2D eigenvalue weighted by Crippen LogP contribution is -2.45. The first-order valence-electron chi connectivity index (χ1n) is 7.46. The van der Waals surface area contributed by atoms with Gasteiger partial charge in [0.15, 0.2) is 0 Å². The summed E-state index contributed by atoms with van der Waals surface area (Å²) < 4.78 is 0. The van der Waals surface area contributed by atoms with Gasteiger partial charge in [0.05, 0.1) is 11.7 Å². The van der Waals surface area contributed by atoms with Gasteiger partial charge in [0.25, 0.3) is 0 Å². The number of aryl methyl sites for hydroxylation is 2. The second-order valence-corrected chi connectivity index (χ2v) is 6.84. The van der Waals surface area contributed by atoms with Crippen LogP contribution in [-0.4, -0.2) is 34.9 Å². The molecule has 4 nitrogen and oxygen atoms in total. The molecule has 1 aliphatic rings. The van der Waals surface area contributed by atoms with Crippen LogP contribution in [0.4, 0.5) is 0 Å². The highest BCUT2D eigenvalue weighted by Crippen LogP contribution is 2.26. The van der Waals surface area contributed by atoms with Crippen molar-refractivity contribution in [2.45, 2.75) is 59.0 Å². The molecule has 0 unspecified atom stereocenters. The Morgan fingerprint density at radius 1 is 1.45 bits per heavy atom. The molecule has 1 fully saturated rings. The average Bonchev–Trinajstić information content (AvgIpc) is 2.76.